The molecular formula is C20H23NO3. The van der Waals surface area contributed by atoms with Gasteiger partial charge in [-0.05, 0) is 29.2 Å². The van der Waals surface area contributed by atoms with Crippen molar-refractivity contribution >= 4 is 11.9 Å². The molecule has 0 bridgehead atoms. The topological polar surface area (TPSA) is 55.4 Å². The fourth-order valence-corrected chi connectivity index (χ4v) is 2.47. The van der Waals surface area contributed by atoms with E-state index in [1.54, 1.807) is 12.1 Å². The molecule has 2 aromatic carbocycles. The molecule has 2 rings (SSSR count). The van der Waals surface area contributed by atoms with Crippen LogP contribution in [-0.2, 0) is 9.53 Å². The molecule has 0 aromatic heterocycles. The molecule has 126 valence electrons. The van der Waals surface area contributed by atoms with Gasteiger partial charge in [0.05, 0.1) is 7.11 Å². The van der Waals surface area contributed by atoms with Gasteiger partial charge in [-0.1, -0.05) is 62.7 Å². The molecule has 4 nitrogen and oxygen atoms in total. The zero-order valence-electron chi connectivity index (χ0n) is 14.3. The van der Waals surface area contributed by atoms with Crippen LogP contribution in [0.2, 0.25) is 0 Å². The van der Waals surface area contributed by atoms with Gasteiger partial charge in [-0.15, -0.1) is 0 Å². The van der Waals surface area contributed by atoms with Crippen molar-refractivity contribution in [3.8, 4) is 11.1 Å². The van der Waals surface area contributed by atoms with Crippen molar-refractivity contribution in [2.75, 3.05) is 7.11 Å². The van der Waals surface area contributed by atoms with Crippen LogP contribution in [0.25, 0.3) is 11.1 Å². The molecule has 0 aliphatic rings. The zero-order chi connectivity index (χ0) is 17.5. The van der Waals surface area contributed by atoms with Gasteiger partial charge in [0.2, 0.25) is 0 Å². The van der Waals surface area contributed by atoms with Gasteiger partial charge in [0.1, 0.15) is 6.04 Å². The number of hydrogen-bond donors (Lipinski definition) is 1. The molecule has 0 radical (unpaired) electrons. The maximum absolute atomic E-state index is 12.4. The summed E-state index contributed by atoms with van der Waals surface area (Å²) in [6, 6.07) is 16.7. The molecule has 0 aliphatic carbocycles. The van der Waals surface area contributed by atoms with Crippen molar-refractivity contribution < 1.29 is 14.3 Å². The monoisotopic (exact) mass is 325 g/mol. The fraction of sp³-hybridized carbons (Fsp3) is 0.300. The Bertz CT molecular complexity index is 680. The number of nitrogens with one attached hydrogen (secondary N) is 1. The van der Waals surface area contributed by atoms with E-state index in [-0.39, 0.29) is 11.8 Å². The SMILES string of the molecule is CC[C@H](C)[C@H](NC(=O)c1ccc(-c2ccccc2)cc1)C(=O)OC. The molecule has 0 saturated heterocycles. The number of methoxy groups -OCH3 is 1. The highest BCUT2D eigenvalue weighted by molar-refractivity contribution is 5.97. The first-order chi connectivity index (χ1) is 11.6. The molecule has 24 heavy (non-hydrogen) atoms. The van der Waals surface area contributed by atoms with Gasteiger partial charge in [-0.3, -0.25) is 4.79 Å². The summed E-state index contributed by atoms with van der Waals surface area (Å²) in [6.07, 6.45) is 0.771. The summed E-state index contributed by atoms with van der Waals surface area (Å²) >= 11 is 0. The lowest BCUT2D eigenvalue weighted by atomic mass is 9.98. The average Bonchev–Trinajstić information content (AvgIpc) is 2.65. The van der Waals surface area contributed by atoms with Gasteiger partial charge < -0.3 is 10.1 Å². The van der Waals surface area contributed by atoms with E-state index in [0.29, 0.717) is 5.56 Å². The van der Waals surface area contributed by atoms with Crippen LogP contribution in [0.3, 0.4) is 0 Å². The van der Waals surface area contributed by atoms with Gasteiger partial charge in [-0.25, -0.2) is 4.79 Å². The summed E-state index contributed by atoms with van der Waals surface area (Å²) in [5.41, 5.74) is 2.65. The Morgan fingerprint density at radius 2 is 1.58 bits per heavy atom. The van der Waals surface area contributed by atoms with Crippen LogP contribution in [0.1, 0.15) is 30.6 Å². The molecule has 2 aromatic rings. The van der Waals surface area contributed by atoms with E-state index in [0.717, 1.165) is 17.5 Å². The summed E-state index contributed by atoms with van der Waals surface area (Å²) in [7, 11) is 1.33. The summed E-state index contributed by atoms with van der Waals surface area (Å²) in [5, 5.41) is 2.78. The number of esters is 1. The Labute approximate surface area is 142 Å². The van der Waals surface area contributed by atoms with E-state index in [1.165, 1.54) is 7.11 Å². The Hall–Kier alpha value is -2.62. The lowest BCUT2D eigenvalue weighted by Crippen LogP contribution is -2.45. The molecule has 4 heteroatoms. The molecule has 1 N–H and O–H groups in total. The largest absolute Gasteiger partial charge is 0.467 e. The predicted molar refractivity (Wildman–Crippen MR) is 94.6 cm³/mol. The molecule has 0 saturated carbocycles. The van der Waals surface area contributed by atoms with Gasteiger partial charge >= 0.3 is 5.97 Å². The molecule has 0 fully saturated rings. The third-order valence-corrected chi connectivity index (χ3v) is 4.21. The van der Waals surface area contributed by atoms with E-state index in [4.69, 9.17) is 4.74 Å². The number of amides is 1. The number of benzene rings is 2. The quantitative estimate of drug-likeness (QED) is 0.825. The van der Waals surface area contributed by atoms with E-state index in [9.17, 15) is 9.59 Å². The van der Waals surface area contributed by atoms with Crippen LogP contribution >= 0.6 is 0 Å². The standard InChI is InChI=1S/C20H23NO3/c1-4-14(2)18(20(23)24-3)21-19(22)17-12-10-16(11-13-17)15-8-6-5-7-9-15/h5-14,18H,4H2,1-3H3,(H,21,22)/t14-,18-/m0/s1. The molecule has 2 atom stereocenters. The lowest BCUT2D eigenvalue weighted by Gasteiger charge is -2.21. The summed E-state index contributed by atoms with van der Waals surface area (Å²) in [5.74, 6) is -0.686. The summed E-state index contributed by atoms with van der Waals surface area (Å²) < 4.78 is 4.80. The Morgan fingerprint density at radius 1 is 1.00 bits per heavy atom. The van der Waals surface area contributed by atoms with Crippen LogP contribution in [-0.4, -0.2) is 25.0 Å². The second kappa shape index (κ2) is 8.29. The number of rotatable bonds is 6. The fourth-order valence-electron chi connectivity index (χ4n) is 2.47. The third-order valence-electron chi connectivity index (χ3n) is 4.21. The van der Waals surface area contributed by atoms with Crippen LogP contribution in [0, 0.1) is 5.92 Å². The third kappa shape index (κ3) is 4.22. The zero-order valence-corrected chi connectivity index (χ0v) is 14.3. The molecule has 0 spiro atoms. The number of carbonyl (C=O) groups is 2. The first kappa shape index (κ1) is 17.7. The summed E-state index contributed by atoms with van der Waals surface area (Å²) in [4.78, 5) is 24.3. The Balaban J connectivity index is 2.13. The van der Waals surface area contributed by atoms with Crippen molar-refractivity contribution in [2.45, 2.75) is 26.3 Å². The van der Waals surface area contributed by atoms with Gasteiger partial charge in [-0.2, -0.15) is 0 Å². The average molecular weight is 325 g/mol. The van der Waals surface area contributed by atoms with Gasteiger partial charge in [0.25, 0.3) is 5.91 Å². The van der Waals surface area contributed by atoms with Crippen LogP contribution < -0.4 is 5.32 Å². The minimum absolute atomic E-state index is 0.00462. The minimum atomic E-state index is -0.638. The van der Waals surface area contributed by atoms with Crippen molar-refractivity contribution in [2.24, 2.45) is 5.92 Å². The Kier molecular flexibility index (Phi) is 6.13. The number of carbonyl (C=O) groups excluding carboxylic acids is 2. The van der Waals surface area contributed by atoms with Crippen LogP contribution in [0.15, 0.2) is 54.6 Å². The molecular weight excluding hydrogens is 302 g/mol. The second-order valence-corrected chi connectivity index (χ2v) is 5.80. The van der Waals surface area contributed by atoms with Crippen LogP contribution in [0.5, 0.6) is 0 Å². The highest BCUT2D eigenvalue weighted by Gasteiger charge is 2.26. The minimum Gasteiger partial charge on any atom is -0.467 e. The van der Waals surface area contributed by atoms with Gasteiger partial charge in [0.15, 0.2) is 0 Å². The highest BCUT2D eigenvalue weighted by atomic mass is 16.5. The number of ether oxygens (including phenoxy) is 1. The molecule has 0 unspecified atom stereocenters. The van der Waals surface area contributed by atoms with Crippen molar-refractivity contribution in [1.82, 2.24) is 5.32 Å². The maximum Gasteiger partial charge on any atom is 0.328 e. The van der Waals surface area contributed by atoms with E-state index < -0.39 is 12.0 Å². The smallest absolute Gasteiger partial charge is 0.328 e. The normalized spacial score (nSPS) is 13.0. The van der Waals surface area contributed by atoms with E-state index in [2.05, 4.69) is 5.32 Å². The molecule has 0 heterocycles. The lowest BCUT2D eigenvalue weighted by molar-refractivity contribution is -0.144. The molecule has 1 amide bonds. The first-order valence-electron chi connectivity index (χ1n) is 8.11. The van der Waals surface area contributed by atoms with Crippen molar-refractivity contribution in [3.63, 3.8) is 0 Å². The van der Waals surface area contributed by atoms with Crippen molar-refractivity contribution in [3.05, 3.63) is 60.2 Å². The van der Waals surface area contributed by atoms with Crippen molar-refractivity contribution in [1.29, 1.82) is 0 Å². The maximum atomic E-state index is 12.4. The van der Waals surface area contributed by atoms with Gasteiger partial charge in [0, 0.05) is 5.56 Å². The highest BCUT2D eigenvalue weighted by Crippen LogP contribution is 2.19. The first-order valence-corrected chi connectivity index (χ1v) is 8.11. The predicted octanol–water partition coefficient (Wildman–Crippen LogP) is 3.67. The van der Waals surface area contributed by atoms with E-state index >= 15 is 0 Å². The second-order valence-electron chi connectivity index (χ2n) is 5.80. The summed E-state index contributed by atoms with van der Waals surface area (Å²) in [6.45, 7) is 3.89. The Morgan fingerprint density at radius 3 is 2.12 bits per heavy atom. The number of hydrogen-bond acceptors (Lipinski definition) is 3. The molecule has 0 aliphatic heterocycles. The van der Waals surface area contributed by atoms with E-state index in [1.807, 2.05) is 56.3 Å². The van der Waals surface area contributed by atoms with Crippen LogP contribution in [0.4, 0.5) is 0 Å².